The molecule has 0 aliphatic carbocycles. The van der Waals surface area contributed by atoms with Crippen molar-refractivity contribution in [3.63, 3.8) is 0 Å². The Balaban J connectivity index is 0.00000200. The highest BCUT2D eigenvalue weighted by atomic mass is 35.5. The van der Waals surface area contributed by atoms with Crippen molar-refractivity contribution in [3.05, 3.63) is 34.3 Å². The van der Waals surface area contributed by atoms with Crippen LogP contribution in [0.5, 0.6) is 0 Å². The fourth-order valence-electron chi connectivity index (χ4n) is 2.42. The maximum atomic E-state index is 11.5. The van der Waals surface area contributed by atoms with Crippen molar-refractivity contribution in [2.24, 2.45) is 5.73 Å². The molecule has 1 unspecified atom stereocenters. The van der Waals surface area contributed by atoms with Crippen LogP contribution in [0.25, 0.3) is 0 Å². The van der Waals surface area contributed by atoms with E-state index >= 15 is 0 Å². The van der Waals surface area contributed by atoms with Crippen molar-refractivity contribution in [2.45, 2.75) is 25.4 Å². The standard InChI is InChI=1S/C14H19ClN2O2.ClH/c1-19-14(18)10-4-5-13(15)11(7-10)8-17-6-2-3-12(16)9-17;/h4-5,7,12H,2-3,6,8-9,16H2,1H3;1H. The van der Waals surface area contributed by atoms with Crippen LogP contribution in [0.4, 0.5) is 0 Å². The Kier molecular flexibility index (Phi) is 6.76. The van der Waals surface area contributed by atoms with E-state index in [-0.39, 0.29) is 24.4 Å². The average Bonchev–Trinajstić information content (AvgIpc) is 2.40. The second-order valence-electron chi connectivity index (χ2n) is 4.94. The van der Waals surface area contributed by atoms with E-state index in [9.17, 15) is 4.79 Å². The van der Waals surface area contributed by atoms with Gasteiger partial charge in [-0.25, -0.2) is 4.79 Å². The zero-order valence-corrected chi connectivity index (χ0v) is 13.0. The van der Waals surface area contributed by atoms with Crippen molar-refractivity contribution in [2.75, 3.05) is 20.2 Å². The Morgan fingerprint density at radius 3 is 2.95 bits per heavy atom. The number of piperidine rings is 1. The number of benzene rings is 1. The molecule has 0 aromatic heterocycles. The topological polar surface area (TPSA) is 55.6 Å². The summed E-state index contributed by atoms with van der Waals surface area (Å²) in [4.78, 5) is 13.8. The number of hydrogen-bond donors (Lipinski definition) is 1. The summed E-state index contributed by atoms with van der Waals surface area (Å²) in [7, 11) is 1.38. The van der Waals surface area contributed by atoms with Gasteiger partial charge in [0.05, 0.1) is 12.7 Å². The first-order chi connectivity index (χ1) is 9.10. The molecule has 2 N–H and O–H groups in total. The van der Waals surface area contributed by atoms with Crippen LogP contribution in [0.3, 0.4) is 0 Å². The molecule has 1 aliphatic heterocycles. The zero-order chi connectivity index (χ0) is 13.8. The molecule has 0 radical (unpaired) electrons. The van der Waals surface area contributed by atoms with Gasteiger partial charge in [0.25, 0.3) is 0 Å². The number of carbonyl (C=O) groups excluding carboxylic acids is 1. The van der Waals surface area contributed by atoms with Crippen molar-refractivity contribution in [1.29, 1.82) is 0 Å². The Bertz CT molecular complexity index is 468. The van der Waals surface area contributed by atoms with E-state index in [2.05, 4.69) is 4.90 Å². The second kappa shape index (κ2) is 7.84. The van der Waals surface area contributed by atoms with Crippen molar-refractivity contribution in [1.82, 2.24) is 4.90 Å². The first kappa shape index (κ1) is 17.2. The normalized spacial score (nSPS) is 19.2. The van der Waals surface area contributed by atoms with Gasteiger partial charge in [-0.2, -0.15) is 0 Å². The fourth-order valence-corrected chi connectivity index (χ4v) is 2.59. The first-order valence-electron chi connectivity index (χ1n) is 6.45. The minimum Gasteiger partial charge on any atom is -0.465 e. The lowest BCUT2D eigenvalue weighted by Gasteiger charge is -2.30. The Labute approximate surface area is 130 Å². The molecule has 112 valence electrons. The quantitative estimate of drug-likeness (QED) is 0.870. The van der Waals surface area contributed by atoms with Crippen LogP contribution in [0.2, 0.25) is 5.02 Å². The molecule has 0 spiro atoms. The lowest BCUT2D eigenvalue weighted by atomic mass is 10.0. The molecule has 1 saturated heterocycles. The Morgan fingerprint density at radius 2 is 2.30 bits per heavy atom. The van der Waals surface area contributed by atoms with Gasteiger partial charge < -0.3 is 10.5 Å². The van der Waals surface area contributed by atoms with Crippen LogP contribution < -0.4 is 5.73 Å². The van der Waals surface area contributed by atoms with E-state index in [1.54, 1.807) is 18.2 Å². The number of nitrogens with two attached hydrogens (primary N) is 1. The van der Waals surface area contributed by atoms with Gasteiger partial charge in [0.1, 0.15) is 0 Å². The highest BCUT2D eigenvalue weighted by molar-refractivity contribution is 6.31. The van der Waals surface area contributed by atoms with Gasteiger partial charge in [-0.1, -0.05) is 11.6 Å². The van der Waals surface area contributed by atoms with Crippen LogP contribution in [0.1, 0.15) is 28.8 Å². The molecule has 0 bridgehead atoms. The van der Waals surface area contributed by atoms with E-state index in [4.69, 9.17) is 22.1 Å². The maximum absolute atomic E-state index is 11.5. The highest BCUT2D eigenvalue weighted by Crippen LogP contribution is 2.21. The molecule has 4 nitrogen and oxygen atoms in total. The third kappa shape index (κ3) is 4.35. The number of likely N-dealkylation sites (tertiary alicyclic amines) is 1. The van der Waals surface area contributed by atoms with Crippen LogP contribution in [-0.2, 0) is 11.3 Å². The molecule has 1 aromatic carbocycles. The minimum absolute atomic E-state index is 0. The number of hydrogen-bond acceptors (Lipinski definition) is 4. The lowest BCUT2D eigenvalue weighted by Crippen LogP contribution is -2.42. The fraction of sp³-hybridized carbons (Fsp3) is 0.500. The molecule has 20 heavy (non-hydrogen) atoms. The summed E-state index contributed by atoms with van der Waals surface area (Å²) in [6, 6.07) is 5.46. The molecule has 0 amide bonds. The van der Waals surface area contributed by atoms with Gasteiger partial charge >= 0.3 is 5.97 Å². The van der Waals surface area contributed by atoms with Crippen molar-refractivity contribution in [3.8, 4) is 0 Å². The molecule has 2 rings (SSSR count). The molecule has 6 heteroatoms. The third-order valence-electron chi connectivity index (χ3n) is 3.40. The molecule has 1 atom stereocenters. The molecule has 1 fully saturated rings. The highest BCUT2D eigenvalue weighted by Gasteiger charge is 2.18. The predicted octanol–water partition coefficient (Wildman–Crippen LogP) is 2.47. The Morgan fingerprint density at radius 1 is 1.55 bits per heavy atom. The molecule has 0 saturated carbocycles. The van der Waals surface area contributed by atoms with Crippen molar-refractivity contribution < 1.29 is 9.53 Å². The van der Waals surface area contributed by atoms with Gasteiger partial charge in [-0.05, 0) is 43.1 Å². The zero-order valence-electron chi connectivity index (χ0n) is 11.5. The molecule has 1 aliphatic rings. The third-order valence-corrected chi connectivity index (χ3v) is 3.77. The number of esters is 1. The summed E-state index contributed by atoms with van der Waals surface area (Å²) < 4.78 is 4.72. The molecule has 1 aromatic rings. The summed E-state index contributed by atoms with van der Waals surface area (Å²) in [6.45, 7) is 2.61. The number of rotatable bonds is 3. The Hall–Kier alpha value is -0.810. The lowest BCUT2D eigenvalue weighted by molar-refractivity contribution is 0.0600. The summed E-state index contributed by atoms with van der Waals surface area (Å²) in [5.41, 5.74) is 7.44. The predicted molar refractivity (Wildman–Crippen MR) is 82.5 cm³/mol. The van der Waals surface area contributed by atoms with E-state index in [0.717, 1.165) is 38.0 Å². The van der Waals surface area contributed by atoms with Crippen LogP contribution in [0, 0.1) is 0 Å². The van der Waals surface area contributed by atoms with E-state index in [1.807, 2.05) is 0 Å². The largest absolute Gasteiger partial charge is 0.465 e. The molecular formula is C14H20Cl2N2O2. The molecular weight excluding hydrogens is 299 g/mol. The second-order valence-corrected chi connectivity index (χ2v) is 5.34. The van der Waals surface area contributed by atoms with Crippen molar-refractivity contribution >= 4 is 30.0 Å². The van der Waals surface area contributed by atoms with E-state index in [0.29, 0.717) is 10.6 Å². The van der Waals surface area contributed by atoms with Gasteiger partial charge in [0.2, 0.25) is 0 Å². The first-order valence-corrected chi connectivity index (χ1v) is 6.82. The van der Waals surface area contributed by atoms with Crippen LogP contribution in [-0.4, -0.2) is 37.1 Å². The average molecular weight is 319 g/mol. The van der Waals surface area contributed by atoms with E-state index in [1.165, 1.54) is 7.11 Å². The van der Waals surface area contributed by atoms with E-state index < -0.39 is 0 Å². The number of nitrogens with zero attached hydrogens (tertiary/aromatic N) is 1. The monoisotopic (exact) mass is 318 g/mol. The van der Waals surface area contributed by atoms with Gasteiger partial charge in [0.15, 0.2) is 0 Å². The summed E-state index contributed by atoms with van der Waals surface area (Å²) in [6.07, 6.45) is 2.18. The SMILES string of the molecule is COC(=O)c1ccc(Cl)c(CN2CCCC(N)C2)c1.Cl. The number of ether oxygens (including phenoxy) is 1. The number of halogens is 2. The summed E-state index contributed by atoms with van der Waals surface area (Å²) in [5.74, 6) is -0.340. The number of methoxy groups -OCH3 is 1. The van der Waals surface area contributed by atoms with Crippen LogP contribution in [0.15, 0.2) is 18.2 Å². The van der Waals surface area contributed by atoms with Gasteiger partial charge in [-0.3, -0.25) is 4.90 Å². The summed E-state index contributed by atoms with van der Waals surface area (Å²) in [5, 5.41) is 0.673. The maximum Gasteiger partial charge on any atom is 0.337 e. The molecule has 1 heterocycles. The smallest absolute Gasteiger partial charge is 0.337 e. The number of carbonyl (C=O) groups is 1. The van der Waals surface area contributed by atoms with Gasteiger partial charge in [-0.15, -0.1) is 12.4 Å². The van der Waals surface area contributed by atoms with Crippen LogP contribution >= 0.6 is 24.0 Å². The van der Waals surface area contributed by atoms with Gasteiger partial charge in [0, 0.05) is 24.2 Å². The summed E-state index contributed by atoms with van der Waals surface area (Å²) >= 11 is 6.19. The minimum atomic E-state index is -0.340.